The first-order chi connectivity index (χ1) is 21.5. The van der Waals surface area contributed by atoms with Crippen molar-refractivity contribution in [3.05, 3.63) is 30.1 Å². The maximum absolute atomic E-state index is 13.0. The van der Waals surface area contributed by atoms with Gasteiger partial charge in [-0.05, 0) is 136 Å². The predicted molar refractivity (Wildman–Crippen MR) is 176 cm³/mol. The van der Waals surface area contributed by atoms with Gasteiger partial charge in [0.15, 0.2) is 0 Å². The van der Waals surface area contributed by atoms with Crippen LogP contribution in [0.25, 0.3) is 0 Å². The van der Waals surface area contributed by atoms with Gasteiger partial charge in [-0.3, -0.25) is 14.6 Å². The Hall–Kier alpha value is -1.99. The summed E-state index contributed by atoms with van der Waals surface area (Å²) in [4.78, 5) is 29.1. The number of hydrogen-bond acceptors (Lipinski definition) is 7. The molecule has 46 heavy (non-hydrogen) atoms. The Morgan fingerprint density at radius 2 is 1.78 bits per heavy atom. The molecule has 0 aliphatic heterocycles. The van der Waals surface area contributed by atoms with Gasteiger partial charge >= 0.3 is 11.9 Å². The molecule has 0 saturated heterocycles. The highest BCUT2D eigenvalue weighted by atomic mass is 16.6. The highest BCUT2D eigenvalue weighted by molar-refractivity contribution is 5.72. The third kappa shape index (κ3) is 5.07. The zero-order chi connectivity index (χ0) is 33.4. The SMILES string of the molecule is CC(=O)OC(CCC(C)C1C(O)CC2C3CCC4C(C)(C)C(OC(=O)Cc5ccccn5)CCC45C(C)C35CCC21C)C(C)(C)O. The fraction of sp³-hybridized carbons (Fsp3) is 0.821. The molecular formula is C39H59NO6. The second-order valence-electron chi connectivity index (χ2n) is 17.6. The smallest absolute Gasteiger partial charge is 0.312 e. The van der Waals surface area contributed by atoms with E-state index in [1.54, 1.807) is 20.0 Å². The standard InChI is InChI=1S/C39H59NO6/c1-23(12-15-32(36(6,7)44)45-25(3)41)34-29(42)22-28-27-13-14-30-35(4,5)31(46-33(43)21-26-11-9-10-20-40-26)16-17-39(30)24(2)38(27,39)19-18-37(28,34)8/h9-11,20,23-24,27-32,34,42,44H,12-19,21-22H2,1-8H3. The Balaban J connectivity index is 1.17. The van der Waals surface area contributed by atoms with Crippen molar-refractivity contribution in [1.82, 2.24) is 4.98 Å². The molecule has 5 saturated carbocycles. The van der Waals surface area contributed by atoms with E-state index < -0.39 is 11.7 Å². The van der Waals surface area contributed by atoms with E-state index in [2.05, 4.69) is 39.6 Å². The summed E-state index contributed by atoms with van der Waals surface area (Å²) < 4.78 is 11.8. The maximum Gasteiger partial charge on any atom is 0.312 e. The van der Waals surface area contributed by atoms with E-state index in [0.29, 0.717) is 40.9 Å². The van der Waals surface area contributed by atoms with Crippen molar-refractivity contribution in [3.63, 3.8) is 0 Å². The van der Waals surface area contributed by atoms with E-state index in [-0.39, 0.29) is 53.2 Å². The lowest BCUT2D eigenvalue weighted by molar-refractivity contribution is -0.175. The Bertz CT molecular complexity index is 1310. The number of ether oxygens (including phenoxy) is 2. The highest BCUT2D eigenvalue weighted by Crippen LogP contribution is 2.89. The molecule has 1 aromatic heterocycles. The normalized spacial score (nSPS) is 42.0. The van der Waals surface area contributed by atoms with Crippen LogP contribution in [0.1, 0.15) is 119 Å². The van der Waals surface area contributed by atoms with Crippen LogP contribution in [0.5, 0.6) is 0 Å². The van der Waals surface area contributed by atoms with Crippen molar-refractivity contribution < 1.29 is 29.3 Å². The van der Waals surface area contributed by atoms with Crippen molar-refractivity contribution in [2.24, 2.45) is 57.2 Å². The molecule has 5 aliphatic rings. The Morgan fingerprint density at radius 1 is 1.04 bits per heavy atom. The molecule has 1 heterocycles. The average Bonchev–Trinajstić information content (AvgIpc) is 3.36. The molecule has 7 nitrogen and oxygen atoms in total. The maximum atomic E-state index is 13.0. The van der Waals surface area contributed by atoms with Gasteiger partial charge in [0.25, 0.3) is 0 Å². The molecule has 0 amide bonds. The second kappa shape index (κ2) is 11.6. The van der Waals surface area contributed by atoms with E-state index in [1.165, 1.54) is 19.8 Å². The fourth-order valence-electron chi connectivity index (χ4n) is 13.1. The molecule has 7 heteroatoms. The Labute approximate surface area is 276 Å². The van der Waals surface area contributed by atoms with Gasteiger partial charge < -0.3 is 19.7 Å². The zero-order valence-electron chi connectivity index (χ0n) is 29.6. The molecule has 1 aromatic rings. The second-order valence-corrected chi connectivity index (χ2v) is 17.6. The lowest BCUT2D eigenvalue weighted by atomic mass is 9.46. The highest BCUT2D eigenvalue weighted by Gasteiger charge is 2.84. The number of hydrogen-bond donors (Lipinski definition) is 2. The lowest BCUT2D eigenvalue weighted by Gasteiger charge is -2.59. The summed E-state index contributed by atoms with van der Waals surface area (Å²) in [5.41, 5.74) is 0.244. The first-order valence-corrected chi connectivity index (χ1v) is 18.2. The van der Waals surface area contributed by atoms with Crippen molar-refractivity contribution >= 4 is 11.9 Å². The number of esters is 2. The van der Waals surface area contributed by atoms with E-state index in [9.17, 15) is 19.8 Å². The first kappa shape index (κ1) is 33.9. The van der Waals surface area contributed by atoms with Crippen LogP contribution in [0.2, 0.25) is 0 Å². The van der Waals surface area contributed by atoms with Crippen LogP contribution in [0, 0.1) is 57.2 Å². The third-order valence-electron chi connectivity index (χ3n) is 14.9. The molecule has 0 bridgehead atoms. The quantitative estimate of drug-likeness (QED) is 0.283. The molecule has 0 radical (unpaired) electrons. The van der Waals surface area contributed by atoms with E-state index in [4.69, 9.17) is 9.47 Å². The number of carbonyl (C=O) groups is 2. The minimum absolute atomic E-state index is 0.0739. The summed E-state index contributed by atoms with van der Waals surface area (Å²) in [5, 5.41) is 22.4. The summed E-state index contributed by atoms with van der Waals surface area (Å²) in [6, 6.07) is 5.66. The van der Waals surface area contributed by atoms with Crippen LogP contribution in [-0.4, -0.2) is 51.0 Å². The van der Waals surface area contributed by atoms with Crippen molar-refractivity contribution in [1.29, 1.82) is 0 Å². The van der Waals surface area contributed by atoms with Crippen molar-refractivity contribution in [3.8, 4) is 0 Å². The Morgan fingerprint density at radius 3 is 2.43 bits per heavy atom. The Kier molecular flexibility index (Phi) is 8.52. The lowest BCUT2D eigenvalue weighted by Crippen LogP contribution is -2.55. The topological polar surface area (TPSA) is 106 Å². The third-order valence-corrected chi connectivity index (χ3v) is 14.9. The van der Waals surface area contributed by atoms with Crippen LogP contribution >= 0.6 is 0 Å². The van der Waals surface area contributed by atoms with Crippen LogP contribution in [0.15, 0.2) is 24.4 Å². The molecule has 12 unspecified atom stereocenters. The zero-order valence-corrected chi connectivity index (χ0v) is 29.6. The molecule has 2 N–H and O–H groups in total. The predicted octanol–water partition coefficient (Wildman–Crippen LogP) is 6.92. The number of aromatic nitrogens is 1. The molecule has 5 aliphatic carbocycles. The van der Waals surface area contributed by atoms with E-state index in [1.807, 2.05) is 18.2 Å². The van der Waals surface area contributed by atoms with Gasteiger partial charge in [-0.15, -0.1) is 0 Å². The number of aliphatic hydroxyl groups excluding tert-OH is 1. The summed E-state index contributed by atoms with van der Waals surface area (Å²) in [6.45, 7) is 16.8. The van der Waals surface area contributed by atoms with Crippen LogP contribution < -0.4 is 0 Å². The number of fused-ring (bicyclic) bond motifs is 2. The monoisotopic (exact) mass is 637 g/mol. The van der Waals surface area contributed by atoms with Crippen LogP contribution in [-0.2, 0) is 25.5 Å². The average molecular weight is 638 g/mol. The summed E-state index contributed by atoms with van der Waals surface area (Å²) in [5.74, 6) is 2.22. The van der Waals surface area contributed by atoms with E-state index in [0.717, 1.165) is 44.2 Å². The van der Waals surface area contributed by atoms with Gasteiger partial charge in [0.1, 0.15) is 12.2 Å². The van der Waals surface area contributed by atoms with Gasteiger partial charge in [0.05, 0.1) is 23.8 Å². The van der Waals surface area contributed by atoms with Gasteiger partial charge in [0.2, 0.25) is 0 Å². The molecule has 12 atom stereocenters. The van der Waals surface area contributed by atoms with Crippen LogP contribution in [0.4, 0.5) is 0 Å². The molecule has 256 valence electrons. The number of rotatable bonds is 9. The minimum atomic E-state index is -1.11. The molecule has 0 aromatic carbocycles. The van der Waals surface area contributed by atoms with Gasteiger partial charge in [0, 0.05) is 18.5 Å². The number of aliphatic hydroxyl groups is 2. The minimum Gasteiger partial charge on any atom is -0.461 e. The molecule has 2 spiro atoms. The number of nitrogens with zero attached hydrogens (tertiary/aromatic N) is 1. The first-order valence-electron chi connectivity index (χ1n) is 18.2. The molecular weight excluding hydrogens is 578 g/mol. The molecule has 6 rings (SSSR count). The van der Waals surface area contributed by atoms with Crippen molar-refractivity contribution in [2.45, 2.75) is 144 Å². The fourth-order valence-corrected chi connectivity index (χ4v) is 13.1. The van der Waals surface area contributed by atoms with E-state index >= 15 is 0 Å². The largest absolute Gasteiger partial charge is 0.461 e. The van der Waals surface area contributed by atoms with Gasteiger partial charge in [-0.25, -0.2) is 0 Å². The van der Waals surface area contributed by atoms with Gasteiger partial charge in [-0.1, -0.05) is 40.7 Å². The van der Waals surface area contributed by atoms with Gasteiger partial charge in [-0.2, -0.15) is 0 Å². The summed E-state index contributed by atoms with van der Waals surface area (Å²) in [6.07, 6.45) is 10.0. The number of pyridine rings is 1. The summed E-state index contributed by atoms with van der Waals surface area (Å²) >= 11 is 0. The summed E-state index contributed by atoms with van der Waals surface area (Å²) in [7, 11) is 0. The van der Waals surface area contributed by atoms with Crippen molar-refractivity contribution in [2.75, 3.05) is 0 Å². The molecule has 5 fully saturated rings. The number of carbonyl (C=O) groups excluding carboxylic acids is 2. The van der Waals surface area contributed by atoms with Crippen LogP contribution in [0.3, 0.4) is 0 Å².